The van der Waals surface area contributed by atoms with Crippen molar-refractivity contribution < 1.29 is 18.7 Å². The molecular weight excluding hydrogens is 343 g/mol. The molecule has 7 heteroatoms. The minimum atomic E-state index is -0.916. The Morgan fingerprint density at radius 3 is 2.84 bits per heavy atom. The minimum Gasteiger partial charge on any atom is -0.492 e. The molecule has 5 nitrogen and oxygen atoms in total. The van der Waals surface area contributed by atoms with Crippen LogP contribution in [0.2, 0.25) is 0 Å². The van der Waals surface area contributed by atoms with E-state index in [2.05, 4.69) is 5.32 Å². The summed E-state index contributed by atoms with van der Waals surface area (Å²) >= 11 is 1.63. The van der Waals surface area contributed by atoms with Gasteiger partial charge in [-0.3, -0.25) is 9.69 Å². The fourth-order valence-electron chi connectivity index (χ4n) is 3.53. The van der Waals surface area contributed by atoms with Crippen LogP contribution in [0.15, 0.2) is 35.7 Å². The largest absolute Gasteiger partial charge is 0.492 e. The zero-order valence-electron chi connectivity index (χ0n) is 13.5. The van der Waals surface area contributed by atoms with Crippen LogP contribution in [0.4, 0.5) is 9.18 Å². The smallest absolute Gasteiger partial charge is 0.325 e. The third-order valence-electron chi connectivity index (χ3n) is 4.73. The van der Waals surface area contributed by atoms with E-state index in [1.165, 1.54) is 34.0 Å². The zero-order chi connectivity index (χ0) is 17.4. The van der Waals surface area contributed by atoms with Crippen molar-refractivity contribution in [2.24, 2.45) is 0 Å². The lowest BCUT2D eigenvalue weighted by Gasteiger charge is -2.31. The fraction of sp³-hybridized carbons (Fsp3) is 0.333. The van der Waals surface area contributed by atoms with Gasteiger partial charge in [0.2, 0.25) is 0 Å². The van der Waals surface area contributed by atoms with Gasteiger partial charge in [-0.1, -0.05) is 0 Å². The predicted molar refractivity (Wildman–Crippen MR) is 91.1 cm³/mol. The lowest BCUT2D eigenvalue weighted by atomic mass is 9.80. The Hall–Kier alpha value is -2.41. The third kappa shape index (κ3) is 2.68. The van der Waals surface area contributed by atoms with E-state index in [0.29, 0.717) is 12.2 Å². The van der Waals surface area contributed by atoms with Crippen LogP contribution in [0.5, 0.6) is 5.75 Å². The first-order valence-corrected chi connectivity index (χ1v) is 9.07. The third-order valence-corrected chi connectivity index (χ3v) is 5.71. The molecule has 1 aromatic carbocycles. The summed E-state index contributed by atoms with van der Waals surface area (Å²) in [5.41, 5.74) is 0.0182. The highest BCUT2D eigenvalue weighted by molar-refractivity contribution is 7.10. The molecule has 4 rings (SSSR count). The van der Waals surface area contributed by atoms with E-state index < -0.39 is 5.54 Å². The van der Waals surface area contributed by atoms with Gasteiger partial charge in [-0.2, -0.15) is 0 Å². The lowest BCUT2D eigenvalue weighted by Crippen LogP contribution is -2.46. The maximum absolute atomic E-state index is 13.0. The molecule has 1 atom stereocenters. The Morgan fingerprint density at radius 1 is 1.24 bits per heavy atom. The molecule has 1 saturated heterocycles. The van der Waals surface area contributed by atoms with E-state index >= 15 is 0 Å². The van der Waals surface area contributed by atoms with Crippen molar-refractivity contribution in [1.29, 1.82) is 0 Å². The number of hydrogen-bond acceptors (Lipinski definition) is 4. The number of rotatable bonds is 4. The second kappa shape index (κ2) is 6.15. The molecule has 2 aliphatic rings. The number of imide groups is 1. The minimum absolute atomic E-state index is 0.156. The van der Waals surface area contributed by atoms with Gasteiger partial charge in [-0.05, 0) is 55.0 Å². The molecule has 1 fully saturated rings. The van der Waals surface area contributed by atoms with E-state index in [0.717, 1.165) is 18.4 Å². The van der Waals surface area contributed by atoms with Crippen molar-refractivity contribution in [1.82, 2.24) is 10.2 Å². The summed E-state index contributed by atoms with van der Waals surface area (Å²) < 4.78 is 18.4. The molecule has 1 unspecified atom stereocenters. The quantitative estimate of drug-likeness (QED) is 0.853. The van der Waals surface area contributed by atoms with Gasteiger partial charge in [0.15, 0.2) is 0 Å². The number of thiophene rings is 1. The average Bonchev–Trinajstić information content (AvgIpc) is 3.17. The number of amides is 3. The van der Waals surface area contributed by atoms with Gasteiger partial charge < -0.3 is 10.1 Å². The summed E-state index contributed by atoms with van der Waals surface area (Å²) in [6, 6.07) is 7.20. The van der Waals surface area contributed by atoms with E-state index in [-0.39, 0.29) is 30.9 Å². The molecule has 1 aromatic heterocycles. The number of urea groups is 1. The molecule has 2 heterocycles. The van der Waals surface area contributed by atoms with E-state index in [1.54, 1.807) is 11.3 Å². The fourth-order valence-corrected chi connectivity index (χ4v) is 4.53. The van der Waals surface area contributed by atoms with Crippen LogP contribution in [0.25, 0.3) is 0 Å². The summed E-state index contributed by atoms with van der Waals surface area (Å²) in [5.74, 6) is -0.0484. The van der Waals surface area contributed by atoms with Crippen LogP contribution in [0.1, 0.15) is 23.3 Å². The maximum atomic E-state index is 13.0. The molecule has 0 bridgehead atoms. The number of halogens is 1. The second-order valence-corrected chi connectivity index (χ2v) is 7.21. The molecule has 1 N–H and O–H groups in total. The van der Waals surface area contributed by atoms with Crippen LogP contribution in [0, 0.1) is 5.82 Å². The molecule has 1 spiro atoms. The van der Waals surface area contributed by atoms with Crippen molar-refractivity contribution in [2.45, 2.75) is 24.8 Å². The van der Waals surface area contributed by atoms with Gasteiger partial charge >= 0.3 is 6.03 Å². The lowest BCUT2D eigenvalue weighted by molar-refractivity contribution is -0.132. The normalized spacial score (nSPS) is 22.2. The Balaban J connectivity index is 1.46. The Labute approximate surface area is 148 Å². The topological polar surface area (TPSA) is 58.6 Å². The zero-order valence-corrected chi connectivity index (χ0v) is 14.3. The van der Waals surface area contributed by atoms with E-state index in [9.17, 15) is 14.0 Å². The molecule has 3 amide bonds. The van der Waals surface area contributed by atoms with Crippen molar-refractivity contribution >= 4 is 23.3 Å². The van der Waals surface area contributed by atoms with Crippen molar-refractivity contribution in [2.75, 3.05) is 13.2 Å². The molecule has 0 radical (unpaired) electrons. The van der Waals surface area contributed by atoms with Crippen LogP contribution in [-0.4, -0.2) is 30.0 Å². The number of aryl methyl sites for hydroxylation is 1. The first-order chi connectivity index (χ1) is 12.1. The Kier molecular flexibility index (Phi) is 3.95. The summed E-state index contributed by atoms with van der Waals surface area (Å²) in [5, 5.41) is 4.88. The summed E-state index contributed by atoms with van der Waals surface area (Å²) in [4.78, 5) is 27.7. The number of carbonyl (C=O) groups is 2. The van der Waals surface area contributed by atoms with Gasteiger partial charge in [-0.25, -0.2) is 9.18 Å². The predicted octanol–water partition coefficient (Wildman–Crippen LogP) is 3.05. The van der Waals surface area contributed by atoms with Crippen molar-refractivity contribution in [3.05, 3.63) is 52.0 Å². The monoisotopic (exact) mass is 360 g/mol. The standard InChI is InChI=1S/C18H17FN2O3S/c19-12-3-5-13(6-4-12)24-10-9-21-16(22)18(20-17(21)23)8-1-2-15-14(18)7-11-25-15/h3-7,11H,1-2,8-10H2,(H,20,23). The van der Waals surface area contributed by atoms with E-state index in [1.807, 2.05) is 11.4 Å². The first-order valence-electron chi connectivity index (χ1n) is 8.19. The maximum Gasteiger partial charge on any atom is 0.325 e. The number of nitrogens with one attached hydrogen (secondary N) is 1. The first kappa shape index (κ1) is 16.1. The van der Waals surface area contributed by atoms with Gasteiger partial charge in [0.25, 0.3) is 5.91 Å². The number of carbonyl (C=O) groups excluding carboxylic acids is 2. The summed E-state index contributed by atoms with van der Waals surface area (Å²) in [6.45, 7) is 0.320. The summed E-state index contributed by atoms with van der Waals surface area (Å²) in [6.07, 6.45) is 2.45. The number of benzene rings is 1. The summed E-state index contributed by atoms with van der Waals surface area (Å²) in [7, 11) is 0. The number of hydrogen-bond donors (Lipinski definition) is 1. The van der Waals surface area contributed by atoms with Crippen LogP contribution >= 0.6 is 11.3 Å². The highest BCUT2D eigenvalue weighted by Crippen LogP contribution is 2.41. The molecule has 0 saturated carbocycles. The van der Waals surface area contributed by atoms with Gasteiger partial charge in [0, 0.05) is 10.4 Å². The molecule has 25 heavy (non-hydrogen) atoms. The van der Waals surface area contributed by atoms with Gasteiger partial charge in [0.05, 0.1) is 6.54 Å². The highest BCUT2D eigenvalue weighted by Gasteiger charge is 2.54. The molecular formula is C18H17FN2O3S. The average molecular weight is 360 g/mol. The van der Waals surface area contributed by atoms with Crippen LogP contribution in [0.3, 0.4) is 0 Å². The molecule has 2 aromatic rings. The van der Waals surface area contributed by atoms with Crippen molar-refractivity contribution in [3.8, 4) is 5.75 Å². The Morgan fingerprint density at radius 2 is 2.04 bits per heavy atom. The highest BCUT2D eigenvalue weighted by atomic mass is 32.1. The van der Waals surface area contributed by atoms with Crippen LogP contribution in [-0.2, 0) is 16.8 Å². The molecule has 1 aliphatic carbocycles. The number of ether oxygens (including phenoxy) is 1. The second-order valence-electron chi connectivity index (χ2n) is 6.21. The molecule has 130 valence electrons. The molecule has 1 aliphatic heterocycles. The SMILES string of the molecule is O=C1NC2(CCCc3sccc32)C(=O)N1CCOc1ccc(F)cc1. The number of nitrogens with zero attached hydrogens (tertiary/aromatic N) is 1. The van der Waals surface area contributed by atoms with Crippen LogP contribution < -0.4 is 10.1 Å². The van der Waals surface area contributed by atoms with Gasteiger partial charge in [0.1, 0.15) is 23.7 Å². The Bertz CT molecular complexity index is 820. The number of fused-ring (bicyclic) bond motifs is 2. The van der Waals surface area contributed by atoms with Gasteiger partial charge in [-0.15, -0.1) is 11.3 Å². The van der Waals surface area contributed by atoms with E-state index in [4.69, 9.17) is 4.74 Å². The van der Waals surface area contributed by atoms with Crippen molar-refractivity contribution in [3.63, 3.8) is 0 Å².